The first-order valence-corrected chi connectivity index (χ1v) is 14.9. The molecule has 1 atom stereocenters. The molecule has 12 heteroatoms. The predicted molar refractivity (Wildman–Crippen MR) is 160 cm³/mol. The summed E-state index contributed by atoms with van der Waals surface area (Å²) in [5.74, 6) is -0.412. The number of carbonyl (C=O) groups is 2. The summed E-state index contributed by atoms with van der Waals surface area (Å²) in [6.45, 7) is 4.40. The molecule has 0 aliphatic rings. The van der Waals surface area contributed by atoms with Crippen molar-refractivity contribution >= 4 is 50.7 Å². The van der Waals surface area contributed by atoms with Crippen LogP contribution < -0.4 is 19.1 Å². The van der Waals surface area contributed by atoms with E-state index >= 15 is 0 Å². The Morgan fingerprint density at radius 1 is 0.878 bits per heavy atom. The van der Waals surface area contributed by atoms with Crippen molar-refractivity contribution in [3.05, 3.63) is 82.3 Å². The van der Waals surface area contributed by atoms with Gasteiger partial charge in [-0.1, -0.05) is 47.5 Å². The molecule has 0 bridgehead atoms. The Labute approximate surface area is 251 Å². The van der Waals surface area contributed by atoms with Gasteiger partial charge in [-0.3, -0.25) is 13.9 Å². The van der Waals surface area contributed by atoms with Crippen LogP contribution in [0.4, 0.5) is 5.69 Å². The molecule has 2 amide bonds. The van der Waals surface area contributed by atoms with Gasteiger partial charge >= 0.3 is 0 Å². The van der Waals surface area contributed by atoms with Crippen LogP contribution in [0.5, 0.6) is 11.5 Å². The van der Waals surface area contributed by atoms with Crippen molar-refractivity contribution < 1.29 is 27.5 Å². The van der Waals surface area contributed by atoms with Gasteiger partial charge in [-0.15, -0.1) is 0 Å². The Bertz CT molecular complexity index is 1460. The summed E-state index contributed by atoms with van der Waals surface area (Å²) in [6.07, 6.45) is 0. The van der Waals surface area contributed by atoms with Gasteiger partial charge in [0.05, 0.1) is 24.8 Å². The third kappa shape index (κ3) is 7.63. The second-order valence-corrected chi connectivity index (χ2v) is 12.1. The molecule has 220 valence electrons. The standard InChI is InChI=1S/C29H33Cl2N3O6S/c1-19(2)32-29(36)20(3)33(17-23-24(30)12-9-13-25(23)31)28(35)18-34(41(37,38)22-10-7-6-8-11-22)21-14-15-26(39-4)27(16-21)40-5/h6-16,19-20H,17-18H2,1-5H3,(H,32,36)/t20-/m1/s1. The van der Waals surface area contributed by atoms with E-state index in [0.717, 1.165) is 4.31 Å². The first-order valence-electron chi connectivity index (χ1n) is 12.7. The first-order chi connectivity index (χ1) is 19.4. The number of hydrogen-bond acceptors (Lipinski definition) is 6. The van der Waals surface area contributed by atoms with Gasteiger partial charge in [0.25, 0.3) is 10.0 Å². The smallest absolute Gasteiger partial charge is 0.264 e. The summed E-state index contributed by atoms with van der Waals surface area (Å²) in [7, 11) is -1.36. The number of ether oxygens (including phenoxy) is 2. The summed E-state index contributed by atoms with van der Waals surface area (Å²) in [4.78, 5) is 28.3. The fourth-order valence-electron chi connectivity index (χ4n) is 4.07. The molecule has 0 heterocycles. The van der Waals surface area contributed by atoms with E-state index in [-0.39, 0.29) is 28.9 Å². The minimum atomic E-state index is -4.24. The SMILES string of the molecule is COc1ccc(N(CC(=O)N(Cc2c(Cl)cccc2Cl)[C@H](C)C(=O)NC(C)C)S(=O)(=O)c2ccccc2)cc1OC. The molecule has 3 aromatic carbocycles. The quantitative estimate of drug-likeness (QED) is 0.300. The van der Waals surface area contributed by atoms with E-state index in [1.165, 1.54) is 43.4 Å². The second-order valence-electron chi connectivity index (χ2n) is 9.43. The molecule has 9 nitrogen and oxygen atoms in total. The molecule has 1 N–H and O–H groups in total. The summed E-state index contributed by atoms with van der Waals surface area (Å²) >= 11 is 12.8. The average Bonchev–Trinajstić information content (AvgIpc) is 2.95. The molecule has 0 unspecified atom stereocenters. The monoisotopic (exact) mass is 621 g/mol. The number of anilines is 1. The van der Waals surface area contributed by atoms with Crippen LogP contribution in [-0.4, -0.2) is 58.0 Å². The van der Waals surface area contributed by atoms with E-state index in [0.29, 0.717) is 21.4 Å². The third-order valence-electron chi connectivity index (χ3n) is 6.25. The first kappa shape index (κ1) is 32.0. The van der Waals surface area contributed by atoms with E-state index in [2.05, 4.69) is 5.32 Å². The highest BCUT2D eigenvalue weighted by atomic mass is 35.5. The maximum Gasteiger partial charge on any atom is 0.264 e. The van der Waals surface area contributed by atoms with Gasteiger partial charge in [0.2, 0.25) is 11.8 Å². The molecule has 0 saturated carbocycles. The number of rotatable bonds is 12. The number of benzene rings is 3. The van der Waals surface area contributed by atoms with Crippen molar-refractivity contribution in [2.24, 2.45) is 0 Å². The molecule has 0 aliphatic heterocycles. The van der Waals surface area contributed by atoms with Crippen LogP contribution in [0.2, 0.25) is 10.0 Å². The minimum Gasteiger partial charge on any atom is -0.493 e. The van der Waals surface area contributed by atoms with Gasteiger partial charge in [0, 0.05) is 34.3 Å². The largest absolute Gasteiger partial charge is 0.493 e. The van der Waals surface area contributed by atoms with Crippen LogP contribution in [-0.2, 0) is 26.2 Å². The number of nitrogens with zero attached hydrogens (tertiary/aromatic N) is 2. The third-order valence-corrected chi connectivity index (χ3v) is 8.75. The molecule has 0 fully saturated rings. The van der Waals surface area contributed by atoms with Crippen molar-refractivity contribution in [1.29, 1.82) is 0 Å². The number of halogens is 2. The average molecular weight is 623 g/mol. The lowest BCUT2D eigenvalue weighted by atomic mass is 10.1. The zero-order valence-corrected chi connectivity index (χ0v) is 25.8. The van der Waals surface area contributed by atoms with Crippen molar-refractivity contribution in [2.45, 2.75) is 44.3 Å². The highest BCUT2D eigenvalue weighted by Gasteiger charge is 2.33. The molecule has 3 rings (SSSR count). The second kappa shape index (κ2) is 13.9. The van der Waals surface area contributed by atoms with E-state index in [1.54, 1.807) is 63.2 Å². The van der Waals surface area contributed by atoms with Gasteiger partial charge in [-0.25, -0.2) is 8.42 Å². The van der Waals surface area contributed by atoms with E-state index in [9.17, 15) is 18.0 Å². The van der Waals surface area contributed by atoms with E-state index in [1.807, 2.05) is 0 Å². The van der Waals surface area contributed by atoms with Crippen molar-refractivity contribution in [2.75, 3.05) is 25.1 Å². The summed E-state index contributed by atoms with van der Waals surface area (Å²) < 4.78 is 39.5. The van der Waals surface area contributed by atoms with Gasteiger partial charge in [-0.2, -0.15) is 0 Å². The van der Waals surface area contributed by atoms with Crippen LogP contribution in [0, 0.1) is 0 Å². The van der Waals surface area contributed by atoms with Crippen molar-refractivity contribution in [3.63, 3.8) is 0 Å². The highest BCUT2D eigenvalue weighted by Crippen LogP contribution is 2.34. The summed E-state index contributed by atoms with van der Waals surface area (Å²) in [5.41, 5.74) is 0.590. The molecule has 0 aliphatic carbocycles. The van der Waals surface area contributed by atoms with Crippen LogP contribution >= 0.6 is 23.2 Å². The Balaban J connectivity index is 2.11. The normalized spacial score (nSPS) is 12.0. The molecule has 0 spiro atoms. The molecule has 0 saturated heterocycles. The number of amides is 2. The van der Waals surface area contributed by atoms with Crippen LogP contribution in [0.25, 0.3) is 0 Å². The van der Waals surface area contributed by atoms with Gasteiger partial charge < -0.3 is 19.7 Å². The Hall–Kier alpha value is -3.47. The van der Waals surface area contributed by atoms with Crippen molar-refractivity contribution in [3.8, 4) is 11.5 Å². The summed E-state index contributed by atoms with van der Waals surface area (Å²) in [6, 6.07) is 16.0. The topological polar surface area (TPSA) is 105 Å². The number of nitrogens with one attached hydrogen (secondary N) is 1. The Kier molecular flexibility index (Phi) is 10.9. The molecule has 0 aromatic heterocycles. The Morgan fingerprint density at radius 2 is 1.49 bits per heavy atom. The zero-order chi connectivity index (χ0) is 30.3. The fraction of sp³-hybridized carbons (Fsp3) is 0.310. The molecule has 41 heavy (non-hydrogen) atoms. The lowest BCUT2D eigenvalue weighted by molar-refractivity contribution is -0.139. The Morgan fingerprint density at radius 3 is 2.05 bits per heavy atom. The van der Waals surface area contributed by atoms with Crippen LogP contribution in [0.1, 0.15) is 26.3 Å². The lowest BCUT2D eigenvalue weighted by Gasteiger charge is -2.32. The number of carbonyl (C=O) groups excluding carboxylic acids is 2. The molecule has 3 aromatic rings. The number of sulfonamides is 1. The van der Waals surface area contributed by atoms with Gasteiger partial charge in [-0.05, 0) is 57.2 Å². The molecule has 0 radical (unpaired) electrons. The molecular weight excluding hydrogens is 589 g/mol. The number of methoxy groups -OCH3 is 2. The fourth-order valence-corrected chi connectivity index (χ4v) is 6.01. The van der Waals surface area contributed by atoms with Crippen LogP contribution in [0.3, 0.4) is 0 Å². The predicted octanol–water partition coefficient (Wildman–Crippen LogP) is 5.15. The highest BCUT2D eigenvalue weighted by molar-refractivity contribution is 7.92. The summed E-state index contributed by atoms with van der Waals surface area (Å²) in [5, 5.41) is 3.41. The van der Waals surface area contributed by atoms with Crippen molar-refractivity contribution in [1.82, 2.24) is 10.2 Å². The van der Waals surface area contributed by atoms with Crippen LogP contribution in [0.15, 0.2) is 71.6 Å². The zero-order valence-electron chi connectivity index (χ0n) is 23.4. The molecular formula is C29H33Cl2N3O6S. The minimum absolute atomic E-state index is 0.0196. The van der Waals surface area contributed by atoms with E-state index in [4.69, 9.17) is 32.7 Å². The van der Waals surface area contributed by atoms with Gasteiger partial charge in [0.1, 0.15) is 12.6 Å². The van der Waals surface area contributed by atoms with Gasteiger partial charge in [0.15, 0.2) is 11.5 Å². The number of hydrogen-bond donors (Lipinski definition) is 1. The van der Waals surface area contributed by atoms with E-state index < -0.39 is 34.4 Å². The lowest BCUT2D eigenvalue weighted by Crippen LogP contribution is -2.52. The maximum atomic E-state index is 14.0. The maximum absolute atomic E-state index is 14.0.